The zero-order chi connectivity index (χ0) is 14.5. The largest absolute Gasteiger partial charge is 0.323 e. The number of anilines is 1. The number of hydrogen-bond donors (Lipinski definition) is 2. The molecule has 0 aliphatic carbocycles. The van der Waals surface area contributed by atoms with E-state index in [1.807, 2.05) is 24.3 Å². The predicted molar refractivity (Wildman–Crippen MR) is 80.9 cm³/mol. The van der Waals surface area contributed by atoms with Crippen LogP contribution in [0.5, 0.6) is 0 Å². The third kappa shape index (κ3) is 3.23. The first-order valence-corrected chi connectivity index (χ1v) is 6.72. The first kappa shape index (κ1) is 14.3. The number of nitrogens with one attached hydrogen (secondary N) is 1. The van der Waals surface area contributed by atoms with Gasteiger partial charge in [-0.15, -0.1) is 0 Å². The van der Waals surface area contributed by atoms with Gasteiger partial charge in [0.2, 0.25) is 5.91 Å². The lowest BCUT2D eigenvalue weighted by atomic mass is 10.1. The summed E-state index contributed by atoms with van der Waals surface area (Å²) in [4.78, 5) is 12.1. The van der Waals surface area contributed by atoms with Crippen LogP contribution in [0.25, 0.3) is 0 Å². The van der Waals surface area contributed by atoms with Crippen molar-refractivity contribution in [2.45, 2.75) is 6.04 Å². The van der Waals surface area contributed by atoms with Gasteiger partial charge in [-0.3, -0.25) is 4.79 Å². The molecule has 1 atom stereocenters. The Morgan fingerprint density at radius 3 is 2.60 bits per heavy atom. The van der Waals surface area contributed by atoms with Crippen molar-refractivity contribution in [1.82, 2.24) is 0 Å². The van der Waals surface area contributed by atoms with Crippen molar-refractivity contribution in [3.05, 3.63) is 64.1 Å². The summed E-state index contributed by atoms with van der Waals surface area (Å²) < 4.78 is 0.777. The first-order chi connectivity index (χ1) is 9.61. The SMILES string of the molecule is N#Cc1cc(Br)ccc1NC(=O)[C@@H](N)c1ccccc1. The summed E-state index contributed by atoms with van der Waals surface area (Å²) >= 11 is 3.28. The summed E-state index contributed by atoms with van der Waals surface area (Å²) in [5.74, 6) is -0.352. The second kappa shape index (κ2) is 6.33. The quantitative estimate of drug-likeness (QED) is 0.908. The second-order valence-electron chi connectivity index (χ2n) is 4.18. The molecule has 0 fully saturated rings. The van der Waals surface area contributed by atoms with Gasteiger partial charge in [-0.05, 0) is 23.8 Å². The van der Waals surface area contributed by atoms with Gasteiger partial charge >= 0.3 is 0 Å². The normalized spacial score (nSPS) is 11.4. The summed E-state index contributed by atoms with van der Waals surface area (Å²) in [6.07, 6.45) is 0. The van der Waals surface area contributed by atoms with Crippen molar-refractivity contribution >= 4 is 27.5 Å². The molecule has 0 bridgehead atoms. The molecule has 1 amide bonds. The molecule has 0 saturated heterocycles. The molecule has 2 aromatic rings. The van der Waals surface area contributed by atoms with Gasteiger partial charge in [0, 0.05) is 4.47 Å². The van der Waals surface area contributed by atoms with Gasteiger partial charge in [-0.2, -0.15) is 5.26 Å². The minimum absolute atomic E-state index is 0.352. The maximum Gasteiger partial charge on any atom is 0.245 e. The molecule has 5 heteroatoms. The lowest BCUT2D eigenvalue weighted by molar-refractivity contribution is -0.117. The highest BCUT2D eigenvalue weighted by molar-refractivity contribution is 9.10. The van der Waals surface area contributed by atoms with E-state index in [-0.39, 0.29) is 5.91 Å². The summed E-state index contributed by atoms with van der Waals surface area (Å²) in [7, 11) is 0. The number of amides is 1. The fourth-order valence-electron chi connectivity index (χ4n) is 1.74. The van der Waals surface area contributed by atoms with Gasteiger partial charge in [0.1, 0.15) is 12.1 Å². The smallest absolute Gasteiger partial charge is 0.245 e. The molecule has 0 heterocycles. The fourth-order valence-corrected chi connectivity index (χ4v) is 2.10. The Hall–Kier alpha value is -2.16. The molecule has 3 N–H and O–H groups in total. The van der Waals surface area contributed by atoms with Gasteiger partial charge in [0.05, 0.1) is 11.3 Å². The van der Waals surface area contributed by atoms with Crippen LogP contribution in [0.4, 0.5) is 5.69 Å². The zero-order valence-corrected chi connectivity index (χ0v) is 12.1. The van der Waals surface area contributed by atoms with E-state index >= 15 is 0 Å². The zero-order valence-electron chi connectivity index (χ0n) is 10.5. The number of nitriles is 1. The first-order valence-electron chi connectivity index (χ1n) is 5.93. The minimum atomic E-state index is -0.772. The van der Waals surface area contributed by atoms with Crippen LogP contribution in [0.2, 0.25) is 0 Å². The van der Waals surface area contributed by atoms with Crippen LogP contribution >= 0.6 is 15.9 Å². The Morgan fingerprint density at radius 1 is 1.25 bits per heavy atom. The topological polar surface area (TPSA) is 78.9 Å². The molecule has 100 valence electrons. The van der Waals surface area contributed by atoms with Crippen molar-refractivity contribution in [3.63, 3.8) is 0 Å². The van der Waals surface area contributed by atoms with Crippen LogP contribution in [0, 0.1) is 11.3 Å². The highest BCUT2D eigenvalue weighted by Crippen LogP contribution is 2.21. The summed E-state index contributed by atoms with van der Waals surface area (Å²) in [5.41, 5.74) is 7.46. The lowest BCUT2D eigenvalue weighted by Crippen LogP contribution is -2.27. The van der Waals surface area contributed by atoms with Gasteiger partial charge in [-0.25, -0.2) is 0 Å². The van der Waals surface area contributed by atoms with Crippen LogP contribution < -0.4 is 11.1 Å². The molecule has 20 heavy (non-hydrogen) atoms. The Balaban J connectivity index is 2.19. The van der Waals surface area contributed by atoms with Crippen molar-refractivity contribution < 1.29 is 4.79 Å². The number of carbonyl (C=O) groups is 1. The average molecular weight is 330 g/mol. The Labute approximate surface area is 125 Å². The van der Waals surface area contributed by atoms with Crippen LogP contribution in [0.3, 0.4) is 0 Å². The van der Waals surface area contributed by atoms with Crippen LogP contribution in [-0.2, 0) is 4.79 Å². The van der Waals surface area contributed by atoms with Crippen LogP contribution in [0.15, 0.2) is 53.0 Å². The van der Waals surface area contributed by atoms with Crippen molar-refractivity contribution in [2.75, 3.05) is 5.32 Å². The van der Waals surface area contributed by atoms with Crippen molar-refractivity contribution in [2.24, 2.45) is 5.73 Å². The van der Waals surface area contributed by atoms with Crippen molar-refractivity contribution in [3.8, 4) is 6.07 Å². The monoisotopic (exact) mass is 329 g/mol. The van der Waals surface area contributed by atoms with Gasteiger partial charge in [0.25, 0.3) is 0 Å². The molecule has 2 aromatic carbocycles. The molecule has 4 nitrogen and oxygen atoms in total. The highest BCUT2D eigenvalue weighted by Gasteiger charge is 2.16. The Bertz CT molecular complexity index is 665. The number of carbonyl (C=O) groups excluding carboxylic acids is 1. The number of nitrogens with zero attached hydrogens (tertiary/aromatic N) is 1. The third-order valence-electron chi connectivity index (χ3n) is 2.80. The summed E-state index contributed by atoms with van der Waals surface area (Å²) in [5, 5.41) is 11.7. The third-order valence-corrected chi connectivity index (χ3v) is 3.29. The Kier molecular flexibility index (Phi) is 4.51. The highest BCUT2D eigenvalue weighted by atomic mass is 79.9. The number of halogens is 1. The summed E-state index contributed by atoms with van der Waals surface area (Å²) in [6, 6.07) is 15.4. The standard InChI is InChI=1S/C15H12BrN3O/c16-12-6-7-13(11(8-12)9-17)19-15(20)14(18)10-4-2-1-3-5-10/h1-8,14H,18H2,(H,19,20)/t14-/m0/s1. The van der Waals surface area contributed by atoms with E-state index in [4.69, 9.17) is 11.0 Å². The molecular weight excluding hydrogens is 318 g/mol. The van der Waals surface area contributed by atoms with Gasteiger partial charge < -0.3 is 11.1 Å². The van der Waals surface area contributed by atoms with Gasteiger partial charge in [0.15, 0.2) is 0 Å². The van der Waals surface area contributed by atoms with Crippen molar-refractivity contribution in [1.29, 1.82) is 5.26 Å². The maximum atomic E-state index is 12.1. The van der Waals surface area contributed by atoms with E-state index < -0.39 is 6.04 Å². The molecule has 0 unspecified atom stereocenters. The number of nitrogens with two attached hydrogens (primary N) is 1. The molecule has 0 aliphatic rings. The van der Waals surface area contributed by atoms with E-state index in [1.54, 1.807) is 30.3 Å². The molecule has 0 aromatic heterocycles. The molecule has 0 aliphatic heterocycles. The minimum Gasteiger partial charge on any atom is -0.323 e. The molecule has 0 spiro atoms. The number of hydrogen-bond acceptors (Lipinski definition) is 3. The van der Waals surface area contributed by atoms with Crippen LogP contribution in [-0.4, -0.2) is 5.91 Å². The predicted octanol–water partition coefficient (Wildman–Crippen LogP) is 2.96. The van der Waals surface area contributed by atoms with Gasteiger partial charge in [-0.1, -0.05) is 46.3 Å². The lowest BCUT2D eigenvalue weighted by Gasteiger charge is -2.13. The molecule has 0 saturated carbocycles. The maximum absolute atomic E-state index is 12.1. The second-order valence-corrected chi connectivity index (χ2v) is 5.09. The van der Waals surface area contributed by atoms with E-state index in [2.05, 4.69) is 21.2 Å². The van der Waals surface area contributed by atoms with E-state index in [1.165, 1.54) is 0 Å². The fraction of sp³-hybridized carbons (Fsp3) is 0.0667. The average Bonchev–Trinajstić information content (AvgIpc) is 2.49. The molecular formula is C15H12BrN3O. The van der Waals surface area contributed by atoms with E-state index in [9.17, 15) is 4.79 Å². The molecule has 0 radical (unpaired) electrons. The summed E-state index contributed by atoms with van der Waals surface area (Å²) in [6.45, 7) is 0. The number of rotatable bonds is 3. The molecule has 2 rings (SSSR count). The van der Waals surface area contributed by atoms with E-state index in [0.29, 0.717) is 11.3 Å². The van der Waals surface area contributed by atoms with Crippen LogP contribution in [0.1, 0.15) is 17.2 Å². The number of benzene rings is 2. The Morgan fingerprint density at radius 2 is 1.95 bits per heavy atom. The van der Waals surface area contributed by atoms with E-state index in [0.717, 1.165) is 10.0 Å².